The highest BCUT2D eigenvalue weighted by Gasteiger charge is 2.43. The summed E-state index contributed by atoms with van der Waals surface area (Å²) in [6.07, 6.45) is -2.91. The fourth-order valence-corrected chi connectivity index (χ4v) is 5.43. The van der Waals surface area contributed by atoms with E-state index in [0.29, 0.717) is 32.4 Å². The molecule has 0 bridgehead atoms. The number of anilines is 3. The molecule has 2 fully saturated rings. The fourth-order valence-electron chi connectivity index (χ4n) is 5.20. The molecular weight excluding hydrogens is 530 g/mol. The van der Waals surface area contributed by atoms with Crippen LogP contribution in [0, 0.1) is 11.7 Å². The predicted molar refractivity (Wildman–Crippen MR) is 135 cm³/mol. The summed E-state index contributed by atoms with van der Waals surface area (Å²) in [4.78, 5) is 26.3. The van der Waals surface area contributed by atoms with Crippen molar-refractivity contribution in [2.24, 2.45) is 5.92 Å². The Morgan fingerprint density at radius 1 is 1.21 bits per heavy atom. The van der Waals surface area contributed by atoms with Gasteiger partial charge in [0.25, 0.3) is 0 Å². The highest BCUT2D eigenvalue weighted by atomic mass is 35.5. The van der Waals surface area contributed by atoms with Crippen molar-refractivity contribution in [1.82, 2.24) is 19.8 Å². The van der Waals surface area contributed by atoms with E-state index >= 15 is 0 Å². The highest BCUT2D eigenvalue weighted by Crippen LogP contribution is 2.35. The number of piperidine rings is 2. The first-order valence-electron chi connectivity index (χ1n) is 12.2. The minimum atomic E-state index is -4.59. The number of aliphatic hydroxyl groups is 1. The number of carbonyl (C=O) groups excluding carboxylic acids is 1. The van der Waals surface area contributed by atoms with Crippen LogP contribution in [-0.2, 0) is 11.0 Å². The second kappa shape index (κ2) is 11.1. The zero-order valence-corrected chi connectivity index (χ0v) is 21.7. The quantitative estimate of drug-likeness (QED) is 0.366. The van der Waals surface area contributed by atoms with Gasteiger partial charge in [-0.2, -0.15) is 17.6 Å². The van der Waals surface area contributed by atoms with Crippen LogP contribution in [0.4, 0.5) is 34.9 Å². The molecule has 1 aromatic carbocycles. The number of nitrogens with zero attached hydrogens (tertiary/aromatic N) is 5. The van der Waals surface area contributed by atoms with Crippen LogP contribution in [0.2, 0.25) is 5.02 Å². The molecule has 2 aliphatic heterocycles. The van der Waals surface area contributed by atoms with E-state index in [-0.39, 0.29) is 40.7 Å². The van der Waals surface area contributed by atoms with Crippen molar-refractivity contribution in [1.29, 1.82) is 0 Å². The molecule has 9 nitrogen and oxygen atoms in total. The molecule has 2 aromatic rings. The standard InChI is InChI=1S/C24H30ClF4N7O2/c1-34(2)22(37)16-5-7-35(21-19(26)20(30)31-12-32-21)11-18(16)36-6-3-4-17(23(36)38)33-15-9-13(24(27,28)29)8-14(25)10-15/h8-10,12,16-18,22,33,37H,3-7,11H2,1-2H3,(H2,30,31,32)/t16-,17-,18-,22?/m0/s1. The Labute approximate surface area is 222 Å². The zero-order chi connectivity index (χ0) is 27.8. The number of nitrogens with two attached hydrogens (primary N) is 1. The van der Waals surface area contributed by atoms with Gasteiger partial charge < -0.3 is 26.0 Å². The Morgan fingerprint density at radius 2 is 1.95 bits per heavy atom. The minimum Gasteiger partial charge on any atom is -0.381 e. The summed E-state index contributed by atoms with van der Waals surface area (Å²) in [5.74, 6) is -1.73. The lowest BCUT2D eigenvalue weighted by atomic mass is 9.86. The van der Waals surface area contributed by atoms with E-state index in [1.807, 2.05) is 0 Å². The van der Waals surface area contributed by atoms with Crippen molar-refractivity contribution in [3.63, 3.8) is 0 Å². The maximum atomic E-state index is 14.7. The van der Waals surface area contributed by atoms with Crippen molar-refractivity contribution in [2.45, 2.75) is 43.8 Å². The minimum absolute atomic E-state index is 0.0121. The number of likely N-dealkylation sites (tertiary alicyclic amines) is 1. The molecule has 1 unspecified atom stereocenters. The van der Waals surface area contributed by atoms with E-state index < -0.39 is 35.9 Å². The van der Waals surface area contributed by atoms with Crippen LogP contribution < -0.4 is 16.0 Å². The Morgan fingerprint density at radius 3 is 2.63 bits per heavy atom. The lowest BCUT2D eigenvalue weighted by Gasteiger charge is -2.49. The van der Waals surface area contributed by atoms with E-state index in [4.69, 9.17) is 17.3 Å². The van der Waals surface area contributed by atoms with Gasteiger partial charge in [0.2, 0.25) is 11.7 Å². The fraction of sp³-hybridized carbons (Fsp3) is 0.542. The zero-order valence-electron chi connectivity index (χ0n) is 20.9. The number of aromatic nitrogens is 2. The van der Waals surface area contributed by atoms with Gasteiger partial charge in [-0.05, 0) is 51.6 Å². The van der Waals surface area contributed by atoms with Gasteiger partial charge in [-0.25, -0.2) is 9.97 Å². The van der Waals surface area contributed by atoms with E-state index in [1.54, 1.807) is 28.8 Å². The molecule has 0 saturated carbocycles. The van der Waals surface area contributed by atoms with Crippen molar-refractivity contribution in [2.75, 3.05) is 49.7 Å². The number of hydrogen-bond acceptors (Lipinski definition) is 8. The van der Waals surface area contributed by atoms with Crippen LogP contribution in [0.5, 0.6) is 0 Å². The first kappa shape index (κ1) is 28.1. The summed E-state index contributed by atoms with van der Waals surface area (Å²) >= 11 is 5.92. The average molecular weight is 560 g/mol. The highest BCUT2D eigenvalue weighted by molar-refractivity contribution is 6.31. The van der Waals surface area contributed by atoms with Crippen molar-refractivity contribution in [3.05, 3.63) is 40.9 Å². The predicted octanol–water partition coefficient (Wildman–Crippen LogP) is 3.05. The smallest absolute Gasteiger partial charge is 0.381 e. The molecule has 1 amide bonds. The maximum absolute atomic E-state index is 14.7. The van der Waals surface area contributed by atoms with Crippen molar-refractivity contribution in [3.8, 4) is 0 Å². The normalized spacial score (nSPS) is 23.6. The van der Waals surface area contributed by atoms with Crippen LogP contribution in [-0.4, -0.2) is 82.8 Å². The molecule has 0 radical (unpaired) electrons. The molecule has 0 spiro atoms. The number of alkyl halides is 3. The summed E-state index contributed by atoms with van der Waals surface area (Å²) in [6, 6.07) is 1.75. The number of nitrogens with one attached hydrogen (secondary N) is 1. The van der Waals surface area contributed by atoms with Crippen LogP contribution >= 0.6 is 11.6 Å². The second-order valence-corrected chi connectivity index (χ2v) is 10.3. The Bertz CT molecular complexity index is 1170. The van der Waals surface area contributed by atoms with Crippen LogP contribution in [0.3, 0.4) is 0 Å². The molecule has 14 heteroatoms. The van der Waals surface area contributed by atoms with Gasteiger partial charge in [-0.1, -0.05) is 11.6 Å². The van der Waals surface area contributed by atoms with Gasteiger partial charge in [-0.15, -0.1) is 0 Å². The number of rotatable bonds is 6. The molecule has 4 rings (SSSR count). The molecule has 208 valence electrons. The summed E-state index contributed by atoms with van der Waals surface area (Å²) < 4.78 is 54.6. The average Bonchev–Trinajstić information content (AvgIpc) is 2.85. The monoisotopic (exact) mass is 559 g/mol. The van der Waals surface area contributed by atoms with E-state index in [9.17, 15) is 27.5 Å². The molecule has 38 heavy (non-hydrogen) atoms. The molecule has 2 saturated heterocycles. The third kappa shape index (κ3) is 5.89. The SMILES string of the molecule is CN(C)C(O)[C@H]1CCN(c2ncnc(N)c2F)C[C@@H]1N1CCC[C@H](Nc2cc(Cl)cc(C(F)(F)F)c2)C1=O. The van der Waals surface area contributed by atoms with Crippen LogP contribution in [0.1, 0.15) is 24.8 Å². The number of hydrogen-bond donors (Lipinski definition) is 3. The molecule has 2 aliphatic rings. The van der Waals surface area contributed by atoms with E-state index in [2.05, 4.69) is 15.3 Å². The third-order valence-electron chi connectivity index (χ3n) is 7.08. The van der Waals surface area contributed by atoms with Crippen molar-refractivity contribution >= 4 is 34.8 Å². The Kier molecular flexibility index (Phi) is 8.19. The van der Waals surface area contributed by atoms with Gasteiger partial charge >= 0.3 is 6.18 Å². The molecule has 3 heterocycles. The van der Waals surface area contributed by atoms with Gasteiger partial charge in [0, 0.05) is 36.3 Å². The molecule has 4 atom stereocenters. The number of nitrogen functional groups attached to an aromatic ring is 1. The summed E-state index contributed by atoms with van der Waals surface area (Å²) in [6.45, 7) is 0.923. The van der Waals surface area contributed by atoms with Gasteiger partial charge in [0.05, 0.1) is 11.6 Å². The largest absolute Gasteiger partial charge is 0.416 e. The first-order chi connectivity index (χ1) is 17.9. The summed E-state index contributed by atoms with van der Waals surface area (Å²) in [7, 11) is 3.44. The Hall–Kier alpha value is -2.90. The lowest BCUT2D eigenvalue weighted by molar-refractivity contribution is -0.141. The summed E-state index contributed by atoms with van der Waals surface area (Å²) in [5, 5.41) is 13.8. The topological polar surface area (TPSA) is 111 Å². The number of benzene rings is 1. The number of aliphatic hydroxyl groups excluding tert-OH is 1. The Balaban J connectivity index is 1.60. The maximum Gasteiger partial charge on any atom is 0.416 e. The number of carbonyl (C=O) groups is 1. The van der Waals surface area contributed by atoms with Crippen LogP contribution in [0.25, 0.3) is 0 Å². The van der Waals surface area contributed by atoms with E-state index in [0.717, 1.165) is 18.5 Å². The molecule has 4 N–H and O–H groups in total. The first-order valence-corrected chi connectivity index (χ1v) is 12.5. The lowest BCUT2D eigenvalue weighted by Crippen LogP contribution is -2.62. The molecule has 1 aromatic heterocycles. The number of halogens is 5. The molecule has 0 aliphatic carbocycles. The van der Waals surface area contributed by atoms with Gasteiger partial charge in [0.15, 0.2) is 11.6 Å². The summed E-state index contributed by atoms with van der Waals surface area (Å²) in [5.41, 5.74) is 4.79. The van der Waals surface area contributed by atoms with Gasteiger partial charge in [-0.3, -0.25) is 9.69 Å². The molecular formula is C24H30ClF4N7O2. The van der Waals surface area contributed by atoms with Gasteiger partial charge in [0.1, 0.15) is 18.6 Å². The van der Waals surface area contributed by atoms with Crippen LogP contribution in [0.15, 0.2) is 24.5 Å². The van der Waals surface area contributed by atoms with Crippen molar-refractivity contribution < 1.29 is 27.5 Å². The van der Waals surface area contributed by atoms with E-state index in [1.165, 1.54) is 6.07 Å². The number of amides is 1. The third-order valence-corrected chi connectivity index (χ3v) is 7.30. The second-order valence-electron chi connectivity index (χ2n) is 9.84.